The zero-order valence-electron chi connectivity index (χ0n) is 25.6. The number of fused-ring (bicyclic) bond motifs is 1. The van der Waals surface area contributed by atoms with Gasteiger partial charge in [-0.3, -0.25) is 9.52 Å². The Balaban J connectivity index is 1.60. The molecule has 0 fully saturated rings. The molecular weight excluding hydrogens is 584 g/mol. The lowest BCUT2D eigenvalue weighted by Gasteiger charge is -2.34. The highest BCUT2D eigenvalue weighted by Crippen LogP contribution is 2.30. The van der Waals surface area contributed by atoms with Crippen LogP contribution in [0.4, 0.5) is 16.2 Å². The summed E-state index contributed by atoms with van der Waals surface area (Å²) in [5.74, 6) is 0.629. The largest absolute Gasteiger partial charge is 0.497 e. The number of benzene rings is 3. The van der Waals surface area contributed by atoms with Crippen LogP contribution in [0.2, 0.25) is 0 Å². The van der Waals surface area contributed by atoms with E-state index in [4.69, 9.17) is 9.47 Å². The molecule has 3 N–H and O–H groups in total. The van der Waals surface area contributed by atoms with E-state index in [1.807, 2.05) is 13.8 Å². The molecule has 0 aromatic heterocycles. The summed E-state index contributed by atoms with van der Waals surface area (Å²) in [5.41, 5.74) is 2.30. The fraction of sp³-hybridized carbons (Fsp3) is 0.375. The standard InChI is InChI=1S/C32H40N4O7S/c1-21-6-13-28(14-7-21)44(40,41)34-26-10-15-29-24(16-26)17-31(38)36(23(3)20-37)18-22(2)30(43-29)19-35(4)32(39)33-25-8-11-27(42-5)12-9-25/h6-16,22-23,30,34,37H,17-20H2,1-5H3,(H,33,39)/t22-,23-,30-/m0/s1. The number of likely N-dealkylation sites (N-methyl/N-ethyl adjacent to an activating group) is 1. The molecule has 0 radical (unpaired) electrons. The Morgan fingerprint density at radius 3 is 2.41 bits per heavy atom. The van der Waals surface area contributed by atoms with Gasteiger partial charge in [-0.1, -0.05) is 24.6 Å². The van der Waals surface area contributed by atoms with Crippen LogP contribution in [0.15, 0.2) is 71.6 Å². The number of carbonyl (C=O) groups is 2. The van der Waals surface area contributed by atoms with Gasteiger partial charge in [0.15, 0.2) is 0 Å². The molecule has 3 aromatic carbocycles. The van der Waals surface area contributed by atoms with Gasteiger partial charge >= 0.3 is 6.03 Å². The van der Waals surface area contributed by atoms with Gasteiger partial charge in [0.25, 0.3) is 10.0 Å². The number of carbonyl (C=O) groups excluding carboxylic acids is 2. The monoisotopic (exact) mass is 624 g/mol. The topological polar surface area (TPSA) is 138 Å². The minimum atomic E-state index is -3.87. The Kier molecular flexibility index (Phi) is 10.4. The van der Waals surface area contributed by atoms with Crippen molar-refractivity contribution in [1.82, 2.24) is 9.80 Å². The number of nitrogens with zero attached hydrogens (tertiary/aromatic N) is 2. The molecule has 3 amide bonds. The van der Waals surface area contributed by atoms with Gasteiger partial charge in [0.2, 0.25) is 5.91 Å². The Hall–Kier alpha value is -4.29. The van der Waals surface area contributed by atoms with E-state index in [1.54, 1.807) is 80.6 Å². The smallest absolute Gasteiger partial charge is 0.321 e. The van der Waals surface area contributed by atoms with Gasteiger partial charge in [0, 0.05) is 36.4 Å². The van der Waals surface area contributed by atoms with Crippen molar-refractivity contribution in [3.8, 4) is 11.5 Å². The van der Waals surface area contributed by atoms with Crippen LogP contribution in [-0.4, -0.2) is 81.3 Å². The minimum absolute atomic E-state index is 0.0625. The molecule has 0 aliphatic carbocycles. The van der Waals surface area contributed by atoms with E-state index >= 15 is 0 Å². The first kappa shape index (κ1) is 32.6. The fourth-order valence-electron chi connectivity index (χ4n) is 4.89. The van der Waals surface area contributed by atoms with E-state index in [0.29, 0.717) is 29.3 Å². The summed E-state index contributed by atoms with van der Waals surface area (Å²) in [7, 11) is -0.649. The number of rotatable bonds is 9. The van der Waals surface area contributed by atoms with Crippen molar-refractivity contribution in [1.29, 1.82) is 0 Å². The maximum atomic E-state index is 13.5. The van der Waals surface area contributed by atoms with Crippen molar-refractivity contribution in [2.45, 2.75) is 44.2 Å². The van der Waals surface area contributed by atoms with Gasteiger partial charge in [-0.05, 0) is 68.4 Å². The number of anilines is 2. The average molecular weight is 625 g/mol. The number of aryl methyl sites for hydroxylation is 1. The zero-order valence-corrected chi connectivity index (χ0v) is 26.4. The molecule has 44 heavy (non-hydrogen) atoms. The van der Waals surface area contributed by atoms with E-state index in [2.05, 4.69) is 10.0 Å². The van der Waals surface area contributed by atoms with Crippen LogP contribution in [0.3, 0.4) is 0 Å². The van der Waals surface area contributed by atoms with E-state index in [1.165, 1.54) is 17.0 Å². The van der Waals surface area contributed by atoms with Crippen molar-refractivity contribution < 1.29 is 32.6 Å². The summed E-state index contributed by atoms with van der Waals surface area (Å²) in [6.45, 7) is 5.83. The first-order valence-corrected chi connectivity index (χ1v) is 15.8. The maximum Gasteiger partial charge on any atom is 0.321 e. The van der Waals surface area contributed by atoms with Gasteiger partial charge in [-0.2, -0.15) is 0 Å². The molecule has 1 aliphatic heterocycles. The Morgan fingerprint density at radius 2 is 1.77 bits per heavy atom. The molecule has 0 unspecified atom stereocenters. The van der Waals surface area contributed by atoms with Crippen LogP contribution in [0.25, 0.3) is 0 Å². The van der Waals surface area contributed by atoms with Gasteiger partial charge in [-0.15, -0.1) is 0 Å². The number of aliphatic hydroxyl groups excluding tert-OH is 1. The minimum Gasteiger partial charge on any atom is -0.497 e. The summed E-state index contributed by atoms with van der Waals surface area (Å²) < 4.78 is 40.3. The number of amides is 3. The van der Waals surface area contributed by atoms with Crippen molar-refractivity contribution in [3.63, 3.8) is 0 Å². The molecular formula is C32H40N4O7S. The number of hydrogen-bond acceptors (Lipinski definition) is 7. The lowest BCUT2D eigenvalue weighted by atomic mass is 10.0. The van der Waals surface area contributed by atoms with Crippen LogP contribution in [0, 0.1) is 12.8 Å². The molecule has 0 saturated carbocycles. The molecule has 1 aliphatic rings. The molecule has 4 rings (SSSR count). The molecule has 3 atom stereocenters. The third kappa shape index (κ3) is 8.00. The van der Waals surface area contributed by atoms with Crippen LogP contribution >= 0.6 is 0 Å². The Bertz CT molecular complexity index is 1560. The highest BCUT2D eigenvalue weighted by Gasteiger charge is 2.32. The summed E-state index contributed by atoms with van der Waals surface area (Å²) in [6.07, 6.45) is -0.595. The Morgan fingerprint density at radius 1 is 1.11 bits per heavy atom. The summed E-state index contributed by atoms with van der Waals surface area (Å²) in [5, 5.41) is 12.8. The van der Waals surface area contributed by atoms with E-state index in [-0.39, 0.29) is 48.0 Å². The maximum absolute atomic E-state index is 13.5. The third-order valence-electron chi connectivity index (χ3n) is 7.64. The Labute approximate surface area is 258 Å². The number of methoxy groups -OCH3 is 1. The van der Waals surface area contributed by atoms with E-state index < -0.39 is 22.2 Å². The third-order valence-corrected chi connectivity index (χ3v) is 9.04. The second-order valence-electron chi connectivity index (χ2n) is 11.2. The predicted octanol–water partition coefficient (Wildman–Crippen LogP) is 4.12. The lowest BCUT2D eigenvalue weighted by molar-refractivity contribution is -0.134. The molecule has 11 nitrogen and oxygen atoms in total. The second-order valence-corrected chi connectivity index (χ2v) is 12.9. The lowest BCUT2D eigenvalue weighted by Crippen LogP contribution is -2.48. The van der Waals surface area contributed by atoms with Crippen LogP contribution < -0.4 is 19.5 Å². The van der Waals surface area contributed by atoms with Crippen molar-refractivity contribution in [2.24, 2.45) is 5.92 Å². The van der Waals surface area contributed by atoms with Crippen LogP contribution in [0.5, 0.6) is 11.5 Å². The summed E-state index contributed by atoms with van der Waals surface area (Å²) >= 11 is 0. The first-order valence-electron chi connectivity index (χ1n) is 14.4. The van der Waals surface area contributed by atoms with Gasteiger partial charge in [0.05, 0.1) is 37.6 Å². The van der Waals surface area contributed by atoms with E-state index in [0.717, 1.165) is 5.56 Å². The number of sulfonamides is 1. The highest BCUT2D eigenvalue weighted by atomic mass is 32.2. The molecule has 12 heteroatoms. The quantitative estimate of drug-likeness (QED) is 0.326. The van der Waals surface area contributed by atoms with Crippen molar-refractivity contribution in [3.05, 3.63) is 77.9 Å². The van der Waals surface area contributed by atoms with Gasteiger partial charge in [-0.25, -0.2) is 13.2 Å². The summed E-state index contributed by atoms with van der Waals surface area (Å²) in [4.78, 5) is 29.8. The fourth-order valence-corrected chi connectivity index (χ4v) is 5.94. The zero-order chi connectivity index (χ0) is 32.0. The molecule has 0 saturated heterocycles. The molecule has 236 valence electrons. The molecule has 0 spiro atoms. The summed E-state index contributed by atoms with van der Waals surface area (Å²) in [6, 6.07) is 17.5. The van der Waals surface area contributed by atoms with Crippen LogP contribution in [0.1, 0.15) is 25.0 Å². The first-order chi connectivity index (χ1) is 20.9. The second kappa shape index (κ2) is 14.0. The van der Waals surface area contributed by atoms with Crippen molar-refractivity contribution in [2.75, 3.05) is 43.9 Å². The predicted molar refractivity (Wildman–Crippen MR) is 169 cm³/mol. The SMILES string of the molecule is COc1ccc(NC(=O)N(C)C[C@@H]2Oc3ccc(NS(=O)(=O)c4ccc(C)cc4)cc3CC(=O)N([C@@H](C)CO)C[C@@H]2C)cc1. The molecule has 3 aromatic rings. The number of aliphatic hydroxyl groups is 1. The van der Waals surface area contributed by atoms with E-state index in [9.17, 15) is 23.1 Å². The molecule has 1 heterocycles. The van der Waals surface area contributed by atoms with Crippen molar-refractivity contribution >= 4 is 33.3 Å². The normalized spacial score (nSPS) is 17.7. The number of nitrogens with one attached hydrogen (secondary N) is 2. The number of hydrogen-bond donors (Lipinski definition) is 3. The average Bonchev–Trinajstić information content (AvgIpc) is 3.04. The highest BCUT2D eigenvalue weighted by molar-refractivity contribution is 7.92. The number of urea groups is 1. The van der Waals surface area contributed by atoms with Gasteiger partial charge < -0.3 is 29.7 Å². The van der Waals surface area contributed by atoms with Gasteiger partial charge in [0.1, 0.15) is 17.6 Å². The number of ether oxygens (including phenoxy) is 2. The molecule has 0 bridgehead atoms. The van der Waals surface area contributed by atoms with Crippen LogP contribution in [-0.2, 0) is 21.2 Å².